The molecular weight excluding hydrogens is 470 g/mol. The lowest BCUT2D eigenvalue weighted by Gasteiger charge is -2.24. The second kappa shape index (κ2) is 14.4. The molecule has 0 bridgehead atoms. The molecule has 2 rings (SSSR count). The highest BCUT2D eigenvalue weighted by molar-refractivity contribution is 7.98. The number of carboxylic acid groups (broad SMARTS) is 1. The van der Waals surface area contributed by atoms with Gasteiger partial charge in [-0.05, 0) is 55.9 Å². The van der Waals surface area contributed by atoms with Crippen molar-refractivity contribution in [3.8, 4) is 0 Å². The Labute approximate surface area is 209 Å². The van der Waals surface area contributed by atoms with E-state index in [2.05, 4.69) is 20.9 Å². The van der Waals surface area contributed by atoms with Gasteiger partial charge in [-0.25, -0.2) is 4.79 Å². The Kier molecular flexibility index (Phi) is 11.6. The number of nitrogens with one attached hydrogen (secondary N) is 4. The molecule has 2 aromatic rings. The summed E-state index contributed by atoms with van der Waals surface area (Å²) in [5.41, 5.74) is 7.24. The summed E-state index contributed by atoms with van der Waals surface area (Å²) in [5, 5.41) is 18.4. The molecule has 3 atom stereocenters. The number of aromatic amines is 1. The summed E-state index contributed by atoms with van der Waals surface area (Å²) in [6.07, 6.45) is 5.67. The van der Waals surface area contributed by atoms with Crippen molar-refractivity contribution >= 4 is 46.4 Å². The Hall–Kier alpha value is -3.05. The number of fused-ring (bicyclic) bond motifs is 1. The first-order valence-corrected chi connectivity index (χ1v) is 13.0. The average Bonchev–Trinajstić information content (AvgIpc) is 3.23. The predicted octanol–water partition coefficient (Wildman–Crippen LogP) is 1.15. The second-order valence-electron chi connectivity index (χ2n) is 8.34. The minimum atomic E-state index is -1.14. The second-order valence-corrected chi connectivity index (χ2v) is 9.33. The highest BCUT2D eigenvalue weighted by Crippen LogP contribution is 2.19. The summed E-state index contributed by atoms with van der Waals surface area (Å²) in [5.74, 6) is -2.01. The fourth-order valence-corrected chi connectivity index (χ4v) is 4.25. The largest absolute Gasteiger partial charge is 0.480 e. The maximum absolute atomic E-state index is 13.2. The summed E-state index contributed by atoms with van der Waals surface area (Å²) >= 11 is 1.51. The molecule has 0 spiro atoms. The quantitative estimate of drug-likeness (QED) is 0.197. The van der Waals surface area contributed by atoms with Crippen molar-refractivity contribution in [1.29, 1.82) is 0 Å². The van der Waals surface area contributed by atoms with Gasteiger partial charge >= 0.3 is 5.97 Å². The number of carbonyl (C=O) groups is 4. The number of H-pyrrole nitrogens is 1. The van der Waals surface area contributed by atoms with Crippen molar-refractivity contribution in [2.75, 3.05) is 18.6 Å². The Balaban J connectivity index is 2.15. The van der Waals surface area contributed by atoms with Crippen LogP contribution in [0.25, 0.3) is 10.9 Å². The molecule has 0 fully saturated rings. The van der Waals surface area contributed by atoms with Crippen molar-refractivity contribution in [3.05, 3.63) is 36.0 Å². The number of para-hydroxylation sites is 1. The lowest BCUT2D eigenvalue weighted by molar-refractivity contribution is -0.142. The minimum Gasteiger partial charge on any atom is -0.480 e. The molecule has 0 aliphatic heterocycles. The number of carboxylic acids is 1. The summed E-state index contributed by atoms with van der Waals surface area (Å²) in [7, 11) is 0. The van der Waals surface area contributed by atoms with Gasteiger partial charge < -0.3 is 31.8 Å². The molecule has 1 aromatic carbocycles. The number of benzene rings is 1. The van der Waals surface area contributed by atoms with Gasteiger partial charge in [-0.15, -0.1) is 0 Å². The number of aliphatic carboxylic acids is 1. The van der Waals surface area contributed by atoms with E-state index in [1.165, 1.54) is 18.7 Å². The van der Waals surface area contributed by atoms with Crippen LogP contribution in [0, 0.1) is 0 Å². The number of unbranched alkanes of at least 4 members (excludes halogenated alkanes) is 1. The van der Waals surface area contributed by atoms with E-state index in [0.717, 1.165) is 16.5 Å². The topological polar surface area (TPSA) is 166 Å². The number of nitrogens with two attached hydrogens (primary N) is 1. The molecule has 1 unspecified atom stereocenters. The monoisotopic (exact) mass is 505 g/mol. The number of thioether (sulfide) groups is 1. The van der Waals surface area contributed by atoms with Crippen LogP contribution < -0.4 is 21.7 Å². The van der Waals surface area contributed by atoms with Gasteiger partial charge in [-0.3, -0.25) is 14.4 Å². The van der Waals surface area contributed by atoms with Gasteiger partial charge in [0.25, 0.3) is 0 Å². The molecule has 0 saturated heterocycles. The number of hydrogen-bond donors (Lipinski definition) is 6. The summed E-state index contributed by atoms with van der Waals surface area (Å²) in [6, 6.07) is 4.72. The third-order valence-electron chi connectivity index (χ3n) is 5.60. The molecule has 35 heavy (non-hydrogen) atoms. The molecular formula is C24H35N5O5S. The lowest BCUT2D eigenvalue weighted by Crippen LogP contribution is -2.56. The van der Waals surface area contributed by atoms with Crippen LogP contribution in [0.15, 0.2) is 30.5 Å². The molecule has 192 valence electrons. The number of aromatic nitrogens is 1. The zero-order valence-corrected chi connectivity index (χ0v) is 21.0. The minimum absolute atomic E-state index is 0.225. The van der Waals surface area contributed by atoms with Gasteiger partial charge in [-0.2, -0.15) is 11.8 Å². The van der Waals surface area contributed by atoms with E-state index >= 15 is 0 Å². The molecule has 1 heterocycles. The number of amides is 3. The fourth-order valence-electron chi connectivity index (χ4n) is 3.77. The Morgan fingerprint density at radius 1 is 1.00 bits per heavy atom. The highest BCUT2D eigenvalue weighted by atomic mass is 32.2. The van der Waals surface area contributed by atoms with E-state index in [9.17, 15) is 24.3 Å². The highest BCUT2D eigenvalue weighted by Gasteiger charge is 2.29. The summed E-state index contributed by atoms with van der Waals surface area (Å²) < 4.78 is 0. The number of hydrogen-bond acceptors (Lipinski definition) is 6. The van der Waals surface area contributed by atoms with Gasteiger partial charge in [0.1, 0.15) is 18.1 Å². The van der Waals surface area contributed by atoms with E-state index in [1.807, 2.05) is 30.5 Å². The van der Waals surface area contributed by atoms with E-state index in [4.69, 9.17) is 5.73 Å². The third-order valence-corrected chi connectivity index (χ3v) is 6.24. The predicted molar refractivity (Wildman–Crippen MR) is 137 cm³/mol. The van der Waals surface area contributed by atoms with Crippen molar-refractivity contribution < 1.29 is 24.3 Å². The van der Waals surface area contributed by atoms with E-state index < -0.39 is 35.9 Å². The molecule has 7 N–H and O–H groups in total. The Morgan fingerprint density at radius 3 is 2.34 bits per heavy atom. The summed E-state index contributed by atoms with van der Waals surface area (Å²) in [6.45, 7) is 1.76. The van der Waals surface area contributed by atoms with Crippen LogP contribution in [0.2, 0.25) is 0 Å². The van der Waals surface area contributed by atoms with Crippen molar-refractivity contribution in [2.24, 2.45) is 5.73 Å². The van der Waals surface area contributed by atoms with Crippen LogP contribution in [0.1, 0.15) is 38.2 Å². The van der Waals surface area contributed by atoms with Crippen LogP contribution in [-0.4, -0.2) is 70.5 Å². The van der Waals surface area contributed by atoms with Crippen molar-refractivity contribution in [1.82, 2.24) is 20.9 Å². The number of rotatable bonds is 15. The van der Waals surface area contributed by atoms with Gasteiger partial charge in [0.15, 0.2) is 0 Å². The molecule has 0 aliphatic rings. The zero-order valence-electron chi connectivity index (χ0n) is 20.1. The van der Waals surface area contributed by atoms with Crippen LogP contribution in [0.5, 0.6) is 0 Å². The van der Waals surface area contributed by atoms with E-state index in [0.29, 0.717) is 31.6 Å². The normalized spacial score (nSPS) is 13.6. The molecule has 0 aliphatic carbocycles. The maximum Gasteiger partial charge on any atom is 0.326 e. The van der Waals surface area contributed by atoms with Crippen molar-refractivity contribution in [2.45, 2.75) is 57.2 Å². The van der Waals surface area contributed by atoms with Gasteiger partial charge in [0, 0.05) is 30.4 Å². The Bertz CT molecular complexity index is 1010. The summed E-state index contributed by atoms with van der Waals surface area (Å²) in [4.78, 5) is 52.7. The number of carbonyl (C=O) groups excluding carboxylic acids is 3. The van der Waals surface area contributed by atoms with Crippen molar-refractivity contribution in [3.63, 3.8) is 0 Å². The van der Waals surface area contributed by atoms with Gasteiger partial charge in [0.2, 0.25) is 17.7 Å². The first-order chi connectivity index (χ1) is 16.8. The Morgan fingerprint density at radius 2 is 1.69 bits per heavy atom. The SMILES string of the molecule is CSCC[C@H](NC(=O)[C@H](Cc1c[nH]c2ccccc12)NC(C)=O)C(=O)NC(CCCCN)C(=O)O. The van der Waals surface area contributed by atoms with Crippen LogP contribution in [0.4, 0.5) is 0 Å². The van der Waals surface area contributed by atoms with Crippen LogP contribution in [-0.2, 0) is 25.6 Å². The average molecular weight is 506 g/mol. The molecule has 11 heteroatoms. The standard InChI is InChI=1S/C24H35N5O5S/c1-15(30)27-21(13-16-14-26-18-8-4-3-7-17(16)18)23(32)28-19(10-12-35-2)22(31)29-20(24(33)34)9-5-6-11-25/h3-4,7-8,14,19-21,26H,5-6,9-13,25H2,1-2H3,(H,27,30)(H,28,32)(H,29,31)(H,33,34)/t19-,20?,21-/m0/s1. The zero-order chi connectivity index (χ0) is 25.8. The molecule has 10 nitrogen and oxygen atoms in total. The van der Waals surface area contributed by atoms with E-state index in [-0.39, 0.29) is 18.7 Å². The molecule has 1 aromatic heterocycles. The first-order valence-electron chi connectivity index (χ1n) is 11.6. The van der Waals surface area contributed by atoms with Crippen LogP contribution in [0.3, 0.4) is 0 Å². The van der Waals surface area contributed by atoms with Crippen LogP contribution >= 0.6 is 11.8 Å². The van der Waals surface area contributed by atoms with Gasteiger partial charge in [-0.1, -0.05) is 18.2 Å². The smallest absolute Gasteiger partial charge is 0.326 e. The van der Waals surface area contributed by atoms with E-state index in [1.54, 1.807) is 6.20 Å². The lowest BCUT2D eigenvalue weighted by atomic mass is 10.0. The fraction of sp³-hybridized carbons (Fsp3) is 0.500. The molecule has 0 saturated carbocycles. The maximum atomic E-state index is 13.2. The van der Waals surface area contributed by atoms with Gasteiger partial charge in [0.05, 0.1) is 0 Å². The molecule has 3 amide bonds. The third kappa shape index (κ3) is 8.91. The first kappa shape index (κ1) is 28.2. The molecule has 0 radical (unpaired) electrons.